The Bertz CT molecular complexity index is 383. The van der Waals surface area contributed by atoms with Crippen molar-refractivity contribution in [2.75, 3.05) is 0 Å². The van der Waals surface area contributed by atoms with Crippen LogP contribution in [0.1, 0.15) is 44.2 Å². The van der Waals surface area contributed by atoms with E-state index in [1.807, 2.05) is 6.08 Å². The van der Waals surface area contributed by atoms with Crippen molar-refractivity contribution >= 4 is 5.57 Å². The third-order valence-electron chi connectivity index (χ3n) is 3.03. The minimum atomic E-state index is 1.15. The first-order valence-electron chi connectivity index (χ1n) is 6.08. The molecule has 0 heterocycles. The second-order valence-corrected chi connectivity index (χ2v) is 4.28. The van der Waals surface area contributed by atoms with E-state index in [4.69, 9.17) is 0 Å². The van der Waals surface area contributed by atoms with Crippen molar-refractivity contribution in [2.24, 2.45) is 0 Å². The van der Waals surface area contributed by atoms with Gasteiger partial charge in [-0.05, 0) is 49.0 Å². The summed E-state index contributed by atoms with van der Waals surface area (Å²) in [6.45, 7) is 10.5. The van der Waals surface area contributed by atoms with Gasteiger partial charge in [-0.25, -0.2) is 0 Å². The highest BCUT2D eigenvalue weighted by atomic mass is 14.1. The Kier molecular flexibility index (Phi) is 5.04. The number of benzene rings is 1. The first kappa shape index (κ1) is 12.8. The largest absolute Gasteiger partial charge is 0.0988 e. The molecule has 0 heteroatoms. The van der Waals surface area contributed by atoms with Gasteiger partial charge in [0, 0.05) is 0 Å². The summed E-state index contributed by atoms with van der Waals surface area (Å²) in [5.74, 6) is 0. The third-order valence-corrected chi connectivity index (χ3v) is 3.03. The van der Waals surface area contributed by atoms with Crippen LogP contribution in [-0.2, 0) is 0 Å². The Labute approximate surface area is 99.7 Å². The van der Waals surface area contributed by atoms with Crippen LogP contribution in [0.3, 0.4) is 0 Å². The van der Waals surface area contributed by atoms with Crippen LogP contribution in [0.25, 0.3) is 5.57 Å². The first-order valence-corrected chi connectivity index (χ1v) is 6.08. The highest BCUT2D eigenvalue weighted by Gasteiger charge is 2.06. The van der Waals surface area contributed by atoms with Crippen LogP contribution in [0.15, 0.2) is 42.5 Å². The molecule has 1 rings (SSSR count). The normalized spacial score (nSPS) is 12.2. The fourth-order valence-electron chi connectivity index (χ4n) is 1.93. The molecule has 0 aliphatic heterocycles. The number of hydrogen-bond acceptors (Lipinski definition) is 0. The predicted octanol–water partition coefficient (Wildman–Crippen LogP) is 5.14. The summed E-state index contributed by atoms with van der Waals surface area (Å²) in [4.78, 5) is 0. The molecule has 1 aromatic carbocycles. The van der Waals surface area contributed by atoms with Crippen molar-refractivity contribution in [1.29, 1.82) is 0 Å². The van der Waals surface area contributed by atoms with E-state index in [-0.39, 0.29) is 0 Å². The van der Waals surface area contributed by atoms with Gasteiger partial charge < -0.3 is 0 Å². The molecule has 86 valence electrons. The fraction of sp³-hybridized carbons (Fsp3) is 0.375. The van der Waals surface area contributed by atoms with Gasteiger partial charge in [-0.15, -0.1) is 0 Å². The zero-order valence-corrected chi connectivity index (χ0v) is 10.7. The molecule has 16 heavy (non-hydrogen) atoms. The van der Waals surface area contributed by atoms with Crippen LogP contribution >= 0.6 is 0 Å². The topological polar surface area (TPSA) is 0 Å². The van der Waals surface area contributed by atoms with E-state index in [1.165, 1.54) is 35.1 Å². The average molecular weight is 214 g/mol. The molecule has 0 unspecified atom stereocenters. The Morgan fingerprint density at radius 2 is 2.00 bits per heavy atom. The molecule has 0 fully saturated rings. The van der Waals surface area contributed by atoms with Gasteiger partial charge in [0.05, 0.1) is 0 Å². The van der Waals surface area contributed by atoms with E-state index in [1.54, 1.807) is 0 Å². The van der Waals surface area contributed by atoms with Crippen LogP contribution in [0.4, 0.5) is 0 Å². The van der Waals surface area contributed by atoms with Gasteiger partial charge in [0.25, 0.3) is 0 Å². The minimum Gasteiger partial charge on any atom is -0.0988 e. The smallest absolute Gasteiger partial charge is 0.0193 e. The Balaban J connectivity index is 3.12. The highest BCUT2D eigenvalue weighted by Crippen LogP contribution is 2.27. The van der Waals surface area contributed by atoms with Gasteiger partial charge in [0.1, 0.15) is 0 Å². The first-order chi connectivity index (χ1) is 7.70. The summed E-state index contributed by atoms with van der Waals surface area (Å²) < 4.78 is 0. The van der Waals surface area contributed by atoms with Crippen LogP contribution in [-0.4, -0.2) is 0 Å². The van der Waals surface area contributed by atoms with E-state index in [0.29, 0.717) is 0 Å². The van der Waals surface area contributed by atoms with Crippen LogP contribution in [0.2, 0.25) is 0 Å². The Hall–Kier alpha value is -1.30. The summed E-state index contributed by atoms with van der Waals surface area (Å²) in [7, 11) is 0. The zero-order chi connectivity index (χ0) is 12.0. The maximum absolute atomic E-state index is 3.89. The lowest BCUT2D eigenvalue weighted by atomic mass is 9.92. The number of rotatable bonds is 5. The van der Waals surface area contributed by atoms with Crippen molar-refractivity contribution in [3.63, 3.8) is 0 Å². The standard InChI is InChI=1S/C16H22/c1-5-7-11-15(13(3)6-2)16-12-9-8-10-14(16)4/h6,8-10,12H,2,5,7,11H2,1,3-4H3/b15-13+. The molecule has 0 amide bonds. The van der Waals surface area contributed by atoms with E-state index >= 15 is 0 Å². The van der Waals surface area contributed by atoms with Gasteiger partial charge in [-0.2, -0.15) is 0 Å². The van der Waals surface area contributed by atoms with Crippen LogP contribution in [0.5, 0.6) is 0 Å². The number of aryl methyl sites for hydroxylation is 1. The molecule has 0 atom stereocenters. The summed E-state index contributed by atoms with van der Waals surface area (Å²) in [6.07, 6.45) is 5.60. The molecule has 0 radical (unpaired) electrons. The zero-order valence-electron chi connectivity index (χ0n) is 10.7. The summed E-state index contributed by atoms with van der Waals surface area (Å²) in [5, 5.41) is 0. The number of unbranched alkanes of at least 4 members (excludes halogenated alkanes) is 1. The Morgan fingerprint density at radius 1 is 1.31 bits per heavy atom. The van der Waals surface area contributed by atoms with Gasteiger partial charge in [0.2, 0.25) is 0 Å². The van der Waals surface area contributed by atoms with E-state index in [0.717, 1.165) is 6.42 Å². The van der Waals surface area contributed by atoms with E-state index < -0.39 is 0 Å². The SMILES string of the molecule is C=C/C(C)=C(\CCCC)c1ccccc1C. The summed E-state index contributed by atoms with van der Waals surface area (Å²) >= 11 is 0. The quantitative estimate of drug-likeness (QED) is 0.595. The maximum Gasteiger partial charge on any atom is -0.0193 e. The number of hydrogen-bond donors (Lipinski definition) is 0. The molecular formula is C16H22. The molecule has 0 spiro atoms. The van der Waals surface area contributed by atoms with Crippen molar-refractivity contribution in [1.82, 2.24) is 0 Å². The molecule has 0 nitrogen and oxygen atoms in total. The van der Waals surface area contributed by atoms with Gasteiger partial charge in [-0.1, -0.05) is 50.3 Å². The van der Waals surface area contributed by atoms with Crippen molar-refractivity contribution in [3.05, 3.63) is 53.6 Å². The van der Waals surface area contributed by atoms with Crippen LogP contribution in [0, 0.1) is 6.92 Å². The molecule has 0 aliphatic rings. The summed E-state index contributed by atoms with van der Waals surface area (Å²) in [5.41, 5.74) is 5.50. The van der Waals surface area contributed by atoms with Crippen LogP contribution < -0.4 is 0 Å². The Morgan fingerprint density at radius 3 is 2.56 bits per heavy atom. The molecule has 0 saturated heterocycles. The average Bonchev–Trinajstić information content (AvgIpc) is 2.31. The van der Waals surface area contributed by atoms with E-state index in [9.17, 15) is 0 Å². The predicted molar refractivity (Wildman–Crippen MR) is 73.5 cm³/mol. The molecular weight excluding hydrogens is 192 g/mol. The van der Waals surface area contributed by atoms with Gasteiger partial charge in [-0.3, -0.25) is 0 Å². The third kappa shape index (κ3) is 3.10. The summed E-state index contributed by atoms with van der Waals surface area (Å²) in [6, 6.07) is 8.61. The molecule has 0 aromatic heterocycles. The monoisotopic (exact) mass is 214 g/mol. The maximum atomic E-state index is 3.89. The van der Waals surface area contributed by atoms with E-state index in [2.05, 4.69) is 51.6 Å². The molecule has 0 aliphatic carbocycles. The second kappa shape index (κ2) is 6.32. The van der Waals surface area contributed by atoms with Gasteiger partial charge >= 0.3 is 0 Å². The highest BCUT2D eigenvalue weighted by molar-refractivity contribution is 5.72. The lowest BCUT2D eigenvalue weighted by Gasteiger charge is -2.13. The van der Waals surface area contributed by atoms with Gasteiger partial charge in [0.15, 0.2) is 0 Å². The van der Waals surface area contributed by atoms with Crippen molar-refractivity contribution in [2.45, 2.75) is 40.0 Å². The lowest BCUT2D eigenvalue weighted by Crippen LogP contribution is -1.92. The number of allylic oxidation sites excluding steroid dienone is 3. The molecule has 1 aromatic rings. The molecule has 0 bridgehead atoms. The second-order valence-electron chi connectivity index (χ2n) is 4.28. The fourth-order valence-corrected chi connectivity index (χ4v) is 1.93. The molecule has 0 N–H and O–H groups in total. The lowest BCUT2D eigenvalue weighted by molar-refractivity contribution is 0.821. The van der Waals surface area contributed by atoms with Crippen molar-refractivity contribution < 1.29 is 0 Å². The van der Waals surface area contributed by atoms with Crippen molar-refractivity contribution in [3.8, 4) is 0 Å². The minimum absolute atomic E-state index is 1.15. The molecule has 0 saturated carbocycles.